The van der Waals surface area contributed by atoms with E-state index in [0.717, 1.165) is 5.56 Å². The van der Waals surface area contributed by atoms with Crippen molar-refractivity contribution < 1.29 is 13.5 Å². The molecule has 1 fully saturated rings. The summed E-state index contributed by atoms with van der Waals surface area (Å²) in [5, 5.41) is 9.16. The third-order valence-electron chi connectivity index (χ3n) is 3.64. The highest BCUT2D eigenvalue weighted by molar-refractivity contribution is 7.89. The van der Waals surface area contributed by atoms with Gasteiger partial charge in [0.15, 0.2) is 0 Å². The fourth-order valence-electron chi connectivity index (χ4n) is 2.38. The quantitative estimate of drug-likeness (QED) is 0.831. The summed E-state index contributed by atoms with van der Waals surface area (Å²) in [4.78, 5) is 0. The second-order valence-corrected chi connectivity index (χ2v) is 7.28. The van der Waals surface area contributed by atoms with Gasteiger partial charge in [-0.2, -0.15) is 0 Å². The summed E-state index contributed by atoms with van der Waals surface area (Å²) in [6.45, 7) is 2.36. The first kappa shape index (κ1) is 14.5. The molecule has 1 aliphatic carbocycles. The van der Waals surface area contributed by atoms with Gasteiger partial charge in [-0.25, -0.2) is 13.1 Å². The molecule has 1 unspecified atom stereocenters. The number of hydrogen-bond donors (Lipinski definition) is 2. The monoisotopic (exact) mass is 283 g/mol. The average Bonchev–Trinajstić information content (AvgIpc) is 2.34. The first-order valence-electron chi connectivity index (χ1n) is 6.66. The van der Waals surface area contributed by atoms with Crippen molar-refractivity contribution in [3.05, 3.63) is 35.9 Å². The van der Waals surface area contributed by atoms with Crippen LogP contribution in [0.25, 0.3) is 0 Å². The molecule has 0 radical (unpaired) electrons. The Bertz CT molecular complexity index is 495. The second-order valence-electron chi connectivity index (χ2n) is 5.43. The number of aliphatic hydroxyl groups is 1. The van der Waals surface area contributed by atoms with E-state index in [1.807, 2.05) is 37.3 Å². The van der Waals surface area contributed by atoms with E-state index in [1.165, 1.54) is 0 Å². The molecule has 0 aromatic heterocycles. The number of rotatable bonds is 6. The normalized spacial score (nSPS) is 24.7. The topological polar surface area (TPSA) is 66.4 Å². The molecule has 1 aliphatic rings. The Morgan fingerprint density at radius 2 is 1.95 bits per heavy atom. The van der Waals surface area contributed by atoms with E-state index in [2.05, 4.69) is 4.72 Å². The van der Waals surface area contributed by atoms with E-state index in [0.29, 0.717) is 19.4 Å². The molecule has 4 nitrogen and oxygen atoms in total. The Kier molecular flexibility index (Phi) is 4.60. The van der Waals surface area contributed by atoms with Crippen LogP contribution in [0.1, 0.15) is 31.2 Å². The molecule has 0 aliphatic heterocycles. The Hall–Kier alpha value is -0.910. The van der Waals surface area contributed by atoms with Gasteiger partial charge in [-0.15, -0.1) is 0 Å². The second kappa shape index (κ2) is 6.03. The fourth-order valence-corrected chi connectivity index (χ4v) is 3.84. The van der Waals surface area contributed by atoms with Crippen molar-refractivity contribution in [2.45, 2.75) is 31.8 Å². The lowest BCUT2D eigenvalue weighted by Crippen LogP contribution is -2.39. The predicted octanol–water partition coefficient (Wildman–Crippen LogP) is 1.48. The number of sulfonamides is 1. The molecule has 5 heteroatoms. The summed E-state index contributed by atoms with van der Waals surface area (Å²) in [5.74, 6) is 0.370. The van der Waals surface area contributed by atoms with Crippen LogP contribution in [-0.4, -0.2) is 31.9 Å². The Balaban J connectivity index is 1.83. The molecule has 1 aromatic rings. The number of benzene rings is 1. The van der Waals surface area contributed by atoms with Crippen LogP contribution in [0.3, 0.4) is 0 Å². The lowest BCUT2D eigenvalue weighted by atomic mass is 9.83. The molecule has 106 valence electrons. The van der Waals surface area contributed by atoms with Gasteiger partial charge in [0.25, 0.3) is 0 Å². The molecule has 0 bridgehead atoms. The molecule has 1 atom stereocenters. The van der Waals surface area contributed by atoms with Crippen LogP contribution in [0.5, 0.6) is 0 Å². The fraction of sp³-hybridized carbons (Fsp3) is 0.571. The number of aliphatic hydroxyl groups excluding tert-OH is 1. The third-order valence-corrected chi connectivity index (χ3v) is 5.19. The molecular formula is C14H21NO3S. The van der Waals surface area contributed by atoms with Gasteiger partial charge < -0.3 is 5.11 Å². The van der Waals surface area contributed by atoms with Gasteiger partial charge in [-0.05, 0) is 30.2 Å². The van der Waals surface area contributed by atoms with E-state index in [9.17, 15) is 8.42 Å². The molecular weight excluding hydrogens is 262 g/mol. The van der Waals surface area contributed by atoms with Crippen LogP contribution in [0, 0.1) is 5.92 Å². The molecule has 1 saturated carbocycles. The lowest BCUT2D eigenvalue weighted by Gasteiger charge is -2.31. The molecule has 2 rings (SSSR count). The average molecular weight is 283 g/mol. The third kappa shape index (κ3) is 4.30. The molecule has 1 aromatic carbocycles. The number of hydrogen-bond acceptors (Lipinski definition) is 3. The summed E-state index contributed by atoms with van der Waals surface area (Å²) in [7, 11) is -3.25. The van der Waals surface area contributed by atoms with Gasteiger partial charge in [-0.1, -0.05) is 37.3 Å². The minimum atomic E-state index is -3.25. The van der Waals surface area contributed by atoms with Crippen LogP contribution in [-0.2, 0) is 10.0 Å². The SMILES string of the molecule is CC(CS(=O)(=O)NCC1CC(O)C1)c1ccccc1. The smallest absolute Gasteiger partial charge is 0.212 e. The van der Waals surface area contributed by atoms with Crippen LogP contribution in [0.15, 0.2) is 30.3 Å². The lowest BCUT2D eigenvalue weighted by molar-refractivity contribution is 0.0453. The van der Waals surface area contributed by atoms with Gasteiger partial charge in [-0.3, -0.25) is 0 Å². The van der Waals surface area contributed by atoms with Gasteiger partial charge in [0, 0.05) is 6.54 Å². The zero-order valence-electron chi connectivity index (χ0n) is 11.1. The highest BCUT2D eigenvalue weighted by Gasteiger charge is 2.28. The first-order chi connectivity index (χ1) is 8.96. The summed E-state index contributed by atoms with van der Waals surface area (Å²) in [6.07, 6.45) is 1.17. The van der Waals surface area contributed by atoms with Crippen LogP contribution in [0.4, 0.5) is 0 Å². The minimum Gasteiger partial charge on any atom is -0.393 e. The van der Waals surface area contributed by atoms with Gasteiger partial charge >= 0.3 is 0 Å². The standard InChI is InChI=1S/C14H21NO3S/c1-11(13-5-3-2-4-6-13)10-19(17,18)15-9-12-7-14(16)8-12/h2-6,11-12,14-16H,7-10H2,1H3. The van der Waals surface area contributed by atoms with Crippen molar-refractivity contribution in [1.29, 1.82) is 0 Å². The zero-order valence-corrected chi connectivity index (χ0v) is 11.9. The molecule has 0 heterocycles. The Morgan fingerprint density at radius 3 is 2.53 bits per heavy atom. The highest BCUT2D eigenvalue weighted by atomic mass is 32.2. The molecule has 0 saturated heterocycles. The largest absolute Gasteiger partial charge is 0.393 e. The predicted molar refractivity (Wildman–Crippen MR) is 75.4 cm³/mol. The maximum absolute atomic E-state index is 12.0. The summed E-state index contributed by atoms with van der Waals surface area (Å²) >= 11 is 0. The van der Waals surface area contributed by atoms with Crippen LogP contribution in [0.2, 0.25) is 0 Å². The number of nitrogens with one attached hydrogen (secondary N) is 1. The van der Waals surface area contributed by atoms with Crippen LogP contribution < -0.4 is 4.72 Å². The molecule has 0 spiro atoms. The van der Waals surface area contributed by atoms with Crippen molar-refractivity contribution in [1.82, 2.24) is 4.72 Å². The maximum Gasteiger partial charge on any atom is 0.212 e. The van der Waals surface area contributed by atoms with E-state index < -0.39 is 10.0 Å². The van der Waals surface area contributed by atoms with Crippen LogP contribution >= 0.6 is 0 Å². The Morgan fingerprint density at radius 1 is 1.32 bits per heavy atom. The van der Waals surface area contributed by atoms with E-state index in [1.54, 1.807) is 0 Å². The summed E-state index contributed by atoms with van der Waals surface area (Å²) < 4.78 is 26.6. The molecule has 2 N–H and O–H groups in total. The van der Waals surface area contributed by atoms with Crippen molar-refractivity contribution in [3.63, 3.8) is 0 Å². The van der Waals surface area contributed by atoms with E-state index >= 15 is 0 Å². The van der Waals surface area contributed by atoms with Gasteiger partial charge in [0.05, 0.1) is 11.9 Å². The highest BCUT2D eigenvalue weighted by Crippen LogP contribution is 2.26. The van der Waals surface area contributed by atoms with Crippen molar-refractivity contribution in [2.24, 2.45) is 5.92 Å². The van der Waals surface area contributed by atoms with E-state index in [-0.39, 0.29) is 23.7 Å². The van der Waals surface area contributed by atoms with Crippen molar-refractivity contribution in [2.75, 3.05) is 12.3 Å². The van der Waals surface area contributed by atoms with Gasteiger partial charge in [0.1, 0.15) is 0 Å². The zero-order chi connectivity index (χ0) is 13.9. The van der Waals surface area contributed by atoms with Crippen molar-refractivity contribution >= 4 is 10.0 Å². The van der Waals surface area contributed by atoms with Gasteiger partial charge in [0.2, 0.25) is 10.0 Å². The van der Waals surface area contributed by atoms with E-state index in [4.69, 9.17) is 5.11 Å². The summed E-state index contributed by atoms with van der Waals surface area (Å²) in [5.41, 5.74) is 1.03. The summed E-state index contributed by atoms with van der Waals surface area (Å²) in [6, 6.07) is 9.65. The molecule has 0 amide bonds. The Labute approximate surface area is 114 Å². The first-order valence-corrected chi connectivity index (χ1v) is 8.32. The minimum absolute atomic E-state index is 0.0225. The van der Waals surface area contributed by atoms with Crippen molar-refractivity contribution in [3.8, 4) is 0 Å². The molecule has 19 heavy (non-hydrogen) atoms. The maximum atomic E-state index is 12.0.